The van der Waals surface area contributed by atoms with Crippen molar-refractivity contribution >= 4 is 21.5 Å². The Morgan fingerprint density at radius 2 is 1.43 bits per heavy atom. The van der Waals surface area contributed by atoms with Gasteiger partial charge in [-0.2, -0.15) is 0 Å². The van der Waals surface area contributed by atoms with Crippen molar-refractivity contribution in [2.45, 2.75) is 19.3 Å². The molecule has 0 N–H and O–H groups in total. The molecule has 0 saturated heterocycles. The summed E-state index contributed by atoms with van der Waals surface area (Å²) < 4.78 is 0. The van der Waals surface area contributed by atoms with Gasteiger partial charge in [0.05, 0.1) is 0 Å². The molecule has 0 spiro atoms. The molecule has 0 fully saturated rings. The first kappa shape index (κ1) is 19.2. The van der Waals surface area contributed by atoms with Gasteiger partial charge in [0.2, 0.25) is 0 Å². The second kappa shape index (κ2) is 6.87. The summed E-state index contributed by atoms with van der Waals surface area (Å²) in [7, 11) is 0. The molecule has 2 heteroatoms. The molecule has 1 radical (unpaired) electrons. The molecule has 0 amide bonds. The maximum Gasteiger partial charge on any atom is 0.0167 e. The van der Waals surface area contributed by atoms with Crippen LogP contribution in [0, 0.1) is 6.07 Å². The van der Waals surface area contributed by atoms with Gasteiger partial charge in [0.15, 0.2) is 0 Å². The molecule has 1 heterocycles. The van der Waals surface area contributed by atoms with E-state index < -0.39 is 0 Å². The van der Waals surface area contributed by atoms with Crippen LogP contribution in [0.15, 0.2) is 85.1 Å². The first-order chi connectivity index (χ1) is 14.2. The summed E-state index contributed by atoms with van der Waals surface area (Å²) in [6.07, 6.45) is 1.92. The van der Waals surface area contributed by atoms with E-state index in [1.807, 2.05) is 24.4 Å². The van der Waals surface area contributed by atoms with Crippen LogP contribution in [0.5, 0.6) is 0 Å². The fourth-order valence-corrected chi connectivity index (χ4v) is 5.12. The van der Waals surface area contributed by atoms with E-state index in [0.717, 1.165) is 11.3 Å². The van der Waals surface area contributed by atoms with Crippen LogP contribution in [0.2, 0.25) is 0 Å². The van der Waals surface area contributed by atoms with Gasteiger partial charge in [-0.1, -0.05) is 62.4 Å². The standard InChI is InChI=1S/C28H20N.Ir/c1-28(2)25-11-7-6-10-21(25)23-13-12-19-20-16-17-29-27(18-8-4-3-5-9-18)24(20)15-14-22(19)26(23)28;/h3-8,10-17H,1-2H3;/q-1;. The van der Waals surface area contributed by atoms with Crippen LogP contribution < -0.4 is 0 Å². The van der Waals surface area contributed by atoms with Crippen molar-refractivity contribution < 1.29 is 20.1 Å². The molecular weight excluding hydrogens is 543 g/mol. The number of aromatic nitrogens is 1. The van der Waals surface area contributed by atoms with Crippen molar-refractivity contribution in [3.63, 3.8) is 0 Å². The van der Waals surface area contributed by atoms with Gasteiger partial charge < -0.3 is 4.98 Å². The molecule has 0 bridgehead atoms. The molecule has 0 unspecified atom stereocenters. The minimum Gasteiger partial charge on any atom is -0.304 e. The van der Waals surface area contributed by atoms with Crippen molar-refractivity contribution in [3.8, 4) is 22.4 Å². The fraction of sp³-hybridized carbons (Fsp3) is 0.107. The third kappa shape index (κ3) is 2.54. The zero-order valence-electron chi connectivity index (χ0n) is 16.9. The average Bonchev–Trinajstić information content (AvgIpc) is 3.01. The van der Waals surface area contributed by atoms with Gasteiger partial charge in [0, 0.05) is 31.7 Å². The zero-order chi connectivity index (χ0) is 19.6. The predicted molar refractivity (Wildman–Crippen MR) is 121 cm³/mol. The van der Waals surface area contributed by atoms with Crippen LogP contribution in [0.4, 0.5) is 0 Å². The van der Waals surface area contributed by atoms with E-state index in [1.165, 1.54) is 43.8 Å². The van der Waals surface area contributed by atoms with E-state index in [-0.39, 0.29) is 25.5 Å². The van der Waals surface area contributed by atoms with E-state index >= 15 is 0 Å². The van der Waals surface area contributed by atoms with E-state index in [9.17, 15) is 0 Å². The van der Waals surface area contributed by atoms with Crippen LogP contribution in [-0.2, 0) is 25.5 Å². The Morgan fingerprint density at radius 3 is 2.27 bits per heavy atom. The molecule has 0 atom stereocenters. The summed E-state index contributed by atoms with van der Waals surface area (Å²) in [5.74, 6) is 0. The number of rotatable bonds is 1. The Labute approximate surface area is 190 Å². The fourth-order valence-electron chi connectivity index (χ4n) is 5.12. The average molecular weight is 563 g/mol. The Hall–Kier alpha value is -2.80. The molecule has 30 heavy (non-hydrogen) atoms. The number of nitrogens with zero attached hydrogens (tertiary/aromatic N) is 1. The van der Waals surface area contributed by atoms with Gasteiger partial charge in [-0.15, -0.1) is 35.9 Å². The molecule has 5 aromatic rings. The van der Waals surface area contributed by atoms with Crippen LogP contribution in [0.3, 0.4) is 0 Å². The normalized spacial score (nSPS) is 13.7. The molecule has 6 rings (SSSR count). The quantitative estimate of drug-likeness (QED) is 0.156. The molecule has 0 saturated carbocycles. The molecule has 4 aromatic carbocycles. The van der Waals surface area contributed by atoms with Gasteiger partial charge in [-0.3, -0.25) is 0 Å². The number of hydrogen-bond acceptors (Lipinski definition) is 1. The summed E-state index contributed by atoms with van der Waals surface area (Å²) in [6.45, 7) is 4.69. The minimum atomic E-state index is -0.0117. The van der Waals surface area contributed by atoms with E-state index in [2.05, 4.69) is 85.6 Å². The van der Waals surface area contributed by atoms with E-state index in [4.69, 9.17) is 0 Å². The first-order valence-corrected chi connectivity index (χ1v) is 10.1. The Kier molecular flexibility index (Phi) is 4.39. The van der Waals surface area contributed by atoms with Crippen molar-refractivity contribution in [1.82, 2.24) is 4.98 Å². The van der Waals surface area contributed by atoms with Crippen LogP contribution >= 0.6 is 0 Å². The second-order valence-corrected chi connectivity index (χ2v) is 8.35. The third-order valence-electron chi connectivity index (χ3n) is 6.42. The second-order valence-electron chi connectivity index (χ2n) is 8.35. The van der Waals surface area contributed by atoms with Crippen molar-refractivity contribution in [2.24, 2.45) is 0 Å². The number of pyridine rings is 1. The molecule has 0 aliphatic heterocycles. The van der Waals surface area contributed by atoms with Crippen molar-refractivity contribution in [2.75, 3.05) is 0 Å². The minimum absolute atomic E-state index is 0. The van der Waals surface area contributed by atoms with E-state index in [0.29, 0.717) is 0 Å². The van der Waals surface area contributed by atoms with Crippen LogP contribution in [-0.4, -0.2) is 4.98 Å². The largest absolute Gasteiger partial charge is 0.304 e. The summed E-state index contributed by atoms with van der Waals surface area (Å²) in [6, 6.07) is 31.5. The Balaban J connectivity index is 0.00000193. The molecule has 1 aromatic heterocycles. The summed E-state index contributed by atoms with van der Waals surface area (Å²) in [5, 5.41) is 5.06. The number of benzene rings is 4. The van der Waals surface area contributed by atoms with E-state index in [1.54, 1.807) is 0 Å². The van der Waals surface area contributed by atoms with Gasteiger partial charge in [0.25, 0.3) is 0 Å². The molecule has 1 aliphatic rings. The SMILES string of the molecule is CC1(C)c2ccccc2-c2ccc3c(ccc4c(-c5[c-]cccc5)nccc43)c21.[Ir]. The Morgan fingerprint density at radius 1 is 0.700 bits per heavy atom. The first-order valence-electron chi connectivity index (χ1n) is 10.1. The maximum atomic E-state index is 4.69. The predicted octanol–water partition coefficient (Wildman–Crippen LogP) is 7.16. The maximum absolute atomic E-state index is 4.69. The van der Waals surface area contributed by atoms with Gasteiger partial charge in [-0.05, 0) is 55.6 Å². The van der Waals surface area contributed by atoms with Crippen LogP contribution in [0.1, 0.15) is 25.0 Å². The van der Waals surface area contributed by atoms with Gasteiger partial charge in [-0.25, -0.2) is 0 Å². The van der Waals surface area contributed by atoms with Gasteiger partial charge in [0.1, 0.15) is 0 Å². The summed E-state index contributed by atoms with van der Waals surface area (Å²) in [5.41, 5.74) is 7.59. The van der Waals surface area contributed by atoms with Crippen LogP contribution in [0.25, 0.3) is 43.9 Å². The summed E-state index contributed by atoms with van der Waals surface area (Å²) >= 11 is 0. The number of fused-ring (bicyclic) bond motifs is 7. The smallest absolute Gasteiger partial charge is 0.0167 e. The Bertz CT molecular complexity index is 1420. The topological polar surface area (TPSA) is 12.9 Å². The zero-order valence-corrected chi connectivity index (χ0v) is 19.3. The molecular formula is C28H20IrN-. The number of hydrogen-bond donors (Lipinski definition) is 0. The molecule has 1 aliphatic carbocycles. The third-order valence-corrected chi connectivity index (χ3v) is 6.42. The van der Waals surface area contributed by atoms with Gasteiger partial charge >= 0.3 is 0 Å². The molecule has 147 valence electrons. The summed E-state index contributed by atoms with van der Waals surface area (Å²) in [4.78, 5) is 4.69. The van der Waals surface area contributed by atoms with Crippen molar-refractivity contribution in [3.05, 3.63) is 102 Å². The molecule has 1 nitrogen and oxygen atoms in total. The monoisotopic (exact) mass is 563 g/mol. The van der Waals surface area contributed by atoms with Crippen molar-refractivity contribution in [1.29, 1.82) is 0 Å².